The van der Waals surface area contributed by atoms with Gasteiger partial charge >= 0.3 is 0 Å². The van der Waals surface area contributed by atoms with Gasteiger partial charge in [0.1, 0.15) is 0 Å². The molecule has 0 spiro atoms. The number of ketones is 1. The van der Waals surface area contributed by atoms with Gasteiger partial charge in [-0.3, -0.25) is 4.79 Å². The van der Waals surface area contributed by atoms with Crippen molar-refractivity contribution in [3.8, 4) is 0 Å². The second kappa shape index (κ2) is 2.33. The molecule has 0 aromatic rings. The Morgan fingerprint density at radius 1 is 1.27 bits per heavy atom. The van der Waals surface area contributed by atoms with Gasteiger partial charge in [-0.25, -0.2) is 0 Å². The average molecular weight is 150 g/mol. The van der Waals surface area contributed by atoms with E-state index in [1.54, 1.807) is 6.08 Å². The van der Waals surface area contributed by atoms with Crippen LogP contribution in [-0.4, -0.2) is 5.78 Å². The number of hydrogen-bond acceptors (Lipinski definition) is 1. The topological polar surface area (TPSA) is 17.1 Å². The van der Waals surface area contributed by atoms with Gasteiger partial charge in [0, 0.05) is 0 Å². The van der Waals surface area contributed by atoms with Crippen LogP contribution in [0.2, 0.25) is 0 Å². The van der Waals surface area contributed by atoms with E-state index in [0.29, 0.717) is 0 Å². The van der Waals surface area contributed by atoms with E-state index in [0.717, 1.165) is 0 Å². The van der Waals surface area contributed by atoms with Crippen molar-refractivity contribution in [2.24, 2.45) is 5.41 Å². The maximum atomic E-state index is 11.3. The first-order chi connectivity index (χ1) is 4.96. The van der Waals surface area contributed by atoms with Crippen LogP contribution < -0.4 is 0 Å². The summed E-state index contributed by atoms with van der Waals surface area (Å²) in [6.07, 6.45) is 3.60. The fourth-order valence-electron chi connectivity index (χ4n) is 1.50. The summed E-state index contributed by atoms with van der Waals surface area (Å²) in [4.78, 5) is 11.3. The lowest BCUT2D eigenvalue weighted by atomic mass is 9.83. The van der Waals surface area contributed by atoms with Gasteiger partial charge < -0.3 is 0 Å². The monoisotopic (exact) mass is 150 g/mol. The average Bonchev–Trinajstić information content (AvgIpc) is 2.08. The molecule has 11 heavy (non-hydrogen) atoms. The molecule has 0 aromatic carbocycles. The minimum Gasteiger partial charge on any atom is -0.294 e. The smallest absolute Gasteiger partial charge is 0.165 e. The predicted molar refractivity (Wildman–Crippen MR) is 46.3 cm³/mol. The molecule has 0 unspecified atom stereocenters. The van der Waals surface area contributed by atoms with Crippen molar-refractivity contribution in [3.05, 3.63) is 23.3 Å². The Hall–Kier alpha value is -0.850. The summed E-state index contributed by atoms with van der Waals surface area (Å²) < 4.78 is 0. The summed E-state index contributed by atoms with van der Waals surface area (Å²) in [6.45, 7) is 8.02. The van der Waals surface area contributed by atoms with Crippen LogP contribution in [0.25, 0.3) is 0 Å². The van der Waals surface area contributed by atoms with Gasteiger partial charge in [-0.05, 0) is 39.3 Å². The van der Waals surface area contributed by atoms with E-state index in [-0.39, 0.29) is 11.2 Å². The summed E-state index contributed by atoms with van der Waals surface area (Å²) in [7, 11) is 0. The van der Waals surface area contributed by atoms with Crippen LogP contribution in [0.1, 0.15) is 27.7 Å². The minimum atomic E-state index is -0.279. The zero-order chi connectivity index (χ0) is 8.65. The van der Waals surface area contributed by atoms with Crippen molar-refractivity contribution < 1.29 is 4.79 Å². The molecule has 1 nitrogen and oxygen atoms in total. The lowest BCUT2D eigenvalue weighted by Gasteiger charge is -2.19. The Bertz CT molecular complexity index is 250. The molecule has 0 saturated carbocycles. The molecule has 0 amide bonds. The highest BCUT2D eigenvalue weighted by Crippen LogP contribution is 2.35. The first kappa shape index (κ1) is 8.25. The van der Waals surface area contributed by atoms with Gasteiger partial charge in [-0.15, -0.1) is 0 Å². The highest BCUT2D eigenvalue weighted by atomic mass is 16.1. The SMILES string of the molecule is CC(C)=C1C=CC(=O)C1(C)C. The number of carbonyl (C=O) groups excluding carboxylic acids is 1. The van der Waals surface area contributed by atoms with Crippen LogP contribution in [0.5, 0.6) is 0 Å². The molecule has 0 aromatic heterocycles. The molecule has 0 saturated heterocycles. The summed E-state index contributed by atoms with van der Waals surface area (Å²) >= 11 is 0. The van der Waals surface area contributed by atoms with Crippen molar-refractivity contribution >= 4 is 5.78 Å². The van der Waals surface area contributed by atoms with Gasteiger partial charge in [0.2, 0.25) is 0 Å². The molecule has 0 aliphatic heterocycles. The largest absolute Gasteiger partial charge is 0.294 e. The molecule has 0 N–H and O–H groups in total. The highest BCUT2D eigenvalue weighted by molar-refractivity contribution is 6.01. The Morgan fingerprint density at radius 2 is 1.82 bits per heavy atom. The van der Waals surface area contributed by atoms with Gasteiger partial charge in [-0.2, -0.15) is 0 Å². The third kappa shape index (κ3) is 1.15. The van der Waals surface area contributed by atoms with Crippen LogP contribution in [-0.2, 0) is 4.79 Å². The molecule has 0 bridgehead atoms. The Labute approximate surface area is 67.8 Å². The number of hydrogen-bond donors (Lipinski definition) is 0. The van der Waals surface area contributed by atoms with Crippen molar-refractivity contribution in [1.82, 2.24) is 0 Å². The maximum absolute atomic E-state index is 11.3. The summed E-state index contributed by atoms with van der Waals surface area (Å²) in [5.41, 5.74) is 2.12. The zero-order valence-corrected chi connectivity index (χ0v) is 7.56. The van der Waals surface area contributed by atoms with Crippen molar-refractivity contribution in [2.45, 2.75) is 27.7 Å². The first-order valence-electron chi connectivity index (χ1n) is 3.86. The molecule has 1 aliphatic carbocycles. The fraction of sp³-hybridized carbons (Fsp3) is 0.500. The van der Waals surface area contributed by atoms with Crippen LogP contribution in [0.15, 0.2) is 23.3 Å². The van der Waals surface area contributed by atoms with E-state index in [1.165, 1.54) is 11.1 Å². The van der Waals surface area contributed by atoms with Crippen LogP contribution >= 0.6 is 0 Å². The minimum absolute atomic E-state index is 0.216. The van der Waals surface area contributed by atoms with Crippen LogP contribution in [0.4, 0.5) is 0 Å². The molecule has 1 heteroatoms. The highest BCUT2D eigenvalue weighted by Gasteiger charge is 2.33. The quantitative estimate of drug-likeness (QED) is 0.518. The van der Waals surface area contributed by atoms with Gasteiger partial charge in [0.25, 0.3) is 0 Å². The third-order valence-electron chi connectivity index (χ3n) is 2.23. The maximum Gasteiger partial charge on any atom is 0.165 e. The Morgan fingerprint density at radius 3 is 2.00 bits per heavy atom. The van der Waals surface area contributed by atoms with Gasteiger partial charge in [0.05, 0.1) is 5.41 Å². The Kier molecular flexibility index (Phi) is 1.75. The fourth-order valence-corrected chi connectivity index (χ4v) is 1.50. The molecular formula is C10H14O. The molecular weight excluding hydrogens is 136 g/mol. The van der Waals surface area contributed by atoms with E-state index < -0.39 is 0 Å². The second-order valence-corrected chi connectivity index (χ2v) is 3.74. The molecule has 0 heterocycles. The standard InChI is InChI=1S/C10H14O/c1-7(2)8-5-6-9(11)10(8,3)4/h5-6H,1-4H3. The van der Waals surface area contributed by atoms with E-state index in [2.05, 4.69) is 0 Å². The van der Waals surface area contributed by atoms with Crippen molar-refractivity contribution in [2.75, 3.05) is 0 Å². The van der Waals surface area contributed by atoms with Crippen molar-refractivity contribution in [3.63, 3.8) is 0 Å². The van der Waals surface area contributed by atoms with E-state index in [9.17, 15) is 4.79 Å². The van der Waals surface area contributed by atoms with E-state index in [1.807, 2.05) is 33.8 Å². The molecule has 1 aliphatic rings. The zero-order valence-electron chi connectivity index (χ0n) is 7.56. The van der Waals surface area contributed by atoms with Gasteiger partial charge in [-0.1, -0.05) is 11.6 Å². The molecule has 0 atom stereocenters. The third-order valence-corrected chi connectivity index (χ3v) is 2.23. The van der Waals surface area contributed by atoms with Gasteiger partial charge in [0.15, 0.2) is 5.78 Å². The van der Waals surface area contributed by atoms with Crippen LogP contribution in [0.3, 0.4) is 0 Å². The normalized spacial score (nSPS) is 21.1. The number of rotatable bonds is 0. The molecule has 60 valence electrons. The number of allylic oxidation sites excluding steroid dienone is 4. The van der Waals surface area contributed by atoms with Crippen molar-refractivity contribution in [1.29, 1.82) is 0 Å². The summed E-state index contributed by atoms with van der Waals surface area (Å²) in [5, 5.41) is 0. The van der Waals surface area contributed by atoms with E-state index >= 15 is 0 Å². The summed E-state index contributed by atoms with van der Waals surface area (Å²) in [6, 6.07) is 0. The molecule has 1 rings (SSSR count). The lowest BCUT2D eigenvalue weighted by Crippen LogP contribution is -2.19. The first-order valence-corrected chi connectivity index (χ1v) is 3.86. The summed E-state index contributed by atoms with van der Waals surface area (Å²) in [5.74, 6) is 0.216. The van der Waals surface area contributed by atoms with E-state index in [4.69, 9.17) is 0 Å². The molecule has 0 radical (unpaired) electrons. The second-order valence-electron chi connectivity index (χ2n) is 3.74. The Balaban J connectivity index is 3.16. The number of carbonyl (C=O) groups is 1. The predicted octanol–water partition coefficient (Wildman–Crippen LogP) is 2.49. The molecule has 0 fully saturated rings. The van der Waals surface area contributed by atoms with Crippen LogP contribution in [0, 0.1) is 5.41 Å². The lowest BCUT2D eigenvalue weighted by molar-refractivity contribution is -0.119.